The molecular formula is C24H41N. The summed E-state index contributed by atoms with van der Waals surface area (Å²) in [6, 6.07) is 0.936. The van der Waals surface area contributed by atoms with E-state index >= 15 is 0 Å². The van der Waals surface area contributed by atoms with E-state index in [1.165, 1.54) is 51.6 Å². The van der Waals surface area contributed by atoms with Crippen LogP contribution in [0.2, 0.25) is 0 Å². The first kappa shape index (κ1) is 17.1. The van der Waals surface area contributed by atoms with Crippen LogP contribution < -0.4 is 0 Å². The Hall–Kier alpha value is -0.0400. The van der Waals surface area contributed by atoms with Gasteiger partial charge in [0.2, 0.25) is 0 Å². The van der Waals surface area contributed by atoms with E-state index in [0.717, 1.165) is 29.7 Å². The standard InChI is InChI=1S/C24H41N/c1-23-13-11-21-20(10-9-18-8-4-5-12-24(18,21)2)22(23)16-19(17-23)25-14-6-3-7-15-25/h18-22H,3-17H2,1-2H3/t18-,19+,20-,21+,22+,23-,24+/m1/s1. The zero-order valence-corrected chi connectivity index (χ0v) is 16.9. The van der Waals surface area contributed by atoms with Crippen molar-refractivity contribution in [3.63, 3.8) is 0 Å². The molecule has 0 aromatic heterocycles. The van der Waals surface area contributed by atoms with Crippen molar-refractivity contribution < 1.29 is 0 Å². The van der Waals surface area contributed by atoms with Crippen molar-refractivity contribution in [2.75, 3.05) is 13.1 Å². The maximum absolute atomic E-state index is 2.91. The Kier molecular flexibility index (Phi) is 4.27. The van der Waals surface area contributed by atoms with Crippen LogP contribution in [0.1, 0.15) is 97.3 Å². The van der Waals surface area contributed by atoms with Crippen LogP contribution in [0.15, 0.2) is 0 Å². The van der Waals surface area contributed by atoms with Crippen LogP contribution in [-0.4, -0.2) is 24.0 Å². The topological polar surface area (TPSA) is 3.24 Å². The highest BCUT2D eigenvalue weighted by Crippen LogP contribution is 2.66. The van der Waals surface area contributed by atoms with E-state index in [-0.39, 0.29) is 0 Å². The third kappa shape index (κ3) is 2.66. The van der Waals surface area contributed by atoms with Crippen LogP contribution in [-0.2, 0) is 0 Å². The summed E-state index contributed by atoms with van der Waals surface area (Å²) in [5.74, 6) is 4.28. The van der Waals surface area contributed by atoms with Crippen LogP contribution in [0.3, 0.4) is 0 Å². The Bertz CT molecular complexity index is 494. The van der Waals surface area contributed by atoms with Crippen LogP contribution >= 0.6 is 0 Å². The average molecular weight is 344 g/mol. The number of hydrogen-bond acceptors (Lipinski definition) is 1. The third-order valence-electron chi connectivity index (χ3n) is 10.2. The van der Waals surface area contributed by atoms with Gasteiger partial charge in [0.1, 0.15) is 0 Å². The molecule has 1 heteroatoms. The Morgan fingerprint density at radius 1 is 0.760 bits per heavy atom. The molecule has 142 valence electrons. The van der Waals surface area contributed by atoms with Crippen LogP contribution in [0.5, 0.6) is 0 Å². The number of likely N-dealkylation sites (tertiary alicyclic amines) is 1. The van der Waals surface area contributed by atoms with E-state index in [0.29, 0.717) is 10.8 Å². The van der Waals surface area contributed by atoms with Crippen molar-refractivity contribution in [2.24, 2.45) is 34.5 Å². The van der Waals surface area contributed by atoms with E-state index in [9.17, 15) is 0 Å². The SMILES string of the molecule is C[C@]12CC[C@H]3[C@@H](CC[C@H]4CCCC[C@@]43C)[C@@H]1C[C@H](N1CCCCC1)C2. The van der Waals surface area contributed by atoms with Crippen LogP contribution in [0.4, 0.5) is 0 Å². The van der Waals surface area contributed by atoms with Gasteiger partial charge in [0.05, 0.1) is 0 Å². The third-order valence-corrected chi connectivity index (χ3v) is 10.2. The summed E-state index contributed by atoms with van der Waals surface area (Å²) < 4.78 is 0. The van der Waals surface area contributed by atoms with Crippen LogP contribution in [0.25, 0.3) is 0 Å². The average Bonchev–Trinajstić information content (AvgIpc) is 3.00. The van der Waals surface area contributed by atoms with E-state index in [1.807, 2.05) is 0 Å². The number of piperidine rings is 1. The van der Waals surface area contributed by atoms with Gasteiger partial charge >= 0.3 is 0 Å². The summed E-state index contributed by atoms with van der Waals surface area (Å²) in [7, 11) is 0. The van der Waals surface area contributed by atoms with Gasteiger partial charge in [0.15, 0.2) is 0 Å². The van der Waals surface area contributed by atoms with Gasteiger partial charge < -0.3 is 4.90 Å². The maximum atomic E-state index is 2.91. The molecule has 0 spiro atoms. The fourth-order valence-electron chi connectivity index (χ4n) is 8.88. The molecule has 0 amide bonds. The molecule has 1 aliphatic heterocycles. The lowest BCUT2D eigenvalue weighted by Crippen LogP contribution is -2.51. The molecule has 4 aliphatic carbocycles. The van der Waals surface area contributed by atoms with Gasteiger partial charge in [0, 0.05) is 6.04 Å². The van der Waals surface area contributed by atoms with Crippen molar-refractivity contribution in [1.82, 2.24) is 4.90 Å². The van der Waals surface area contributed by atoms with Crippen molar-refractivity contribution in [1.29, 1.82) is 0 Å². The van der Waals surface area contributed by atoms with Gasteiger partial charge in [-0.3, -0.25) is 0 Å². The van der Waals surface area contributed by atoms with Gasteiger partial charge in [-0.25, -0.2) is 0 Å². The fourth-order valence-corrected chi connectivity index (χ4v) is 8.88. The quantitative estimate of drug-likeness (QED) is 0.542. The van der Waals surface area contributed by atoms with Crippen molar-refractivity contribution in [3.8, 4) is 0 Å². The Morgan fingerprint density at radius 3 is 2.44 bits per heavy atom. The zero-order valence-electron chi connectivity index (χ0n) is 16.9. The predicted octanol–water partition coefficient (Wildman–Crippen LogP) is 6.27. The minimum absolute atomic E-state index is 0.682. The summed E-state index contributed by atoms with van der Waals surface area (Å²) >= 11 is 0. The van der Waals surface area contributed by atoms with Gasteiger partial charge in [-0.1, -0.05) is 33.1 Å². The Labute approximate surface area is 156 Å². The Balaban J connectivity index is 1.37. The van der Waals surface area contributed by atoms with E-state index < -0.39 is 0 Å². The highest BCUT2D eigenvalue weighted by atomic mass is 15.2. The monoisotopic (exact) mass is 343 g/mol. The molecule has 0 N–H and O–H groups in total. The van der Waals surface area contributed by atoms with Crippen molar-refractivity contribution >= 4 is 0 Å². The molecule has 0 radical (unpaired) electrons. The summed E-state index contributed by atoms with van der Waals surface area (Å²) in [5.41, 5.74) is 1.40. The number of nitrogens with zero attached hydrogens (tertiary/aromatic N) is 1. The molecule has 1 nitrogen and oxygen atoms in total. The van der Waals surface area contributed by atoms with Crippen molar-refractivity contribution in [3.05, 3.63) is 0 Å². The summed E-state index contributed by atoms with van der Waals surface area (Å²) in [5, 5.41) is 0. The second kappa shape index (κ2) is 6.25. The lowest BCUT2D eigenvalue weighted by Gasteiger charge is -2.60. The Morgan fingerprint density at radius 2 is 1.60 bits per heavy atom. The molecule has 0 unspecified atom stereocenters. The van der Waals surface area contributed by atoms with Gasteiger partial charge in [-0.2, -0.15) is 0 Å². The molecule has 25 heavy (non-hydrogen) atoms. The van der Waals surface area contributed by atoms with E-state index in [2.05, 4.69) is 18.7 Å². The highest BCUT2D eigenvalue weighted by molar-refractivity contribution is 5.09. The fraction of sp³-hybridized carbons (Fsp3) is 1.00. The molecule has 5 fully saturated rings. The molecule has 1 saturated heterocycles. The van der Waals surface area contributed by atoms with Crippen LogP contribution in [0, 0.1) is 34.5 Å². The largest absolute Gasteiger partial charge is 0.300 e. The van der Waals surface area contributed by atoms with Gasteiger partial charge in [0.25, 0.3) is 0 Å². The number of fused-ring (bicyclic) bond motifs is 5. The molecule has 5 rings (SSSR count). The summed E-state index contributed by atoms with van der Waals surface area (Å²) in [6.07, 6.45) is 19.9. The first-order valence-corrected chi connectivity index (χ1v) is 11.8. The summed E-state index contributed by atoms with van der Waals surface area (Å²) in [6.45, 7) is 8.24. The molecule has 0 bridgehead atoms. The first-order valence-electron chi connectivity index (χ1n) is 11.8. The lowest BCUT2D eigenvalue weighted by molar-refractivity contribution is -0.103. The van der Waals surface area contributed by atoms with Crippen molar-refractivity contribution in [2.45, 2.75) is 103 Å². The lowest BCUT2D eigenvalue weighted by atomic mass is 9.45. The van der Waals surface area contributed by atoms with E-state index in [4.69, 9.17) is 0 Å². The minimum atomic E-state index is 0.682. The first-order chi connectivity index (χ1) is 12.1. The molecule has 5 aliphatic rings. The highest BCUT2D eigenvalue weighted by Gasteiger charge is 2.59. The molecule has 0 aromatic carbocycles. The predicted molar refractivity (Wildman–Crippen MR) is 106 cm³/mol. The molecular weight excluding hydrogens is 302 g/mol. The second-order valence-electron chi connectivity index (χ2n) is 11.3. The van der Waals surface area contributed by atoms with E-state index in [1.54, 1.807) is 44.9 Å². The molecule has 1 heterocycles. The van der Waals surface area contributed by atoms with Gasteiger partial charge in [-0.05, 0) is 112 Å². The number of hydrogen-bond donors (Lipinski definition) is 0. The molecule has 7 atom stereocenters. The smallest absolute Gasteiger partial charge is 0.0103 e. The number of rotatable bonds is 1. The zero-order chi connectivity index (χ0) is 17.1. The minimum Gasteiger partial charge on any atom is -0.300 e. The summed E-state index contributed by atoms with van der Waals surface area (Å²) in [4.78, 5) is 2.91. The molecule has 0 aromatic rings. The normalized spacial score (nSPS) is 53.8. The van der Waals surface area contributed by atoms with Gasteiger partial charge in [-0.15, -0.1) is 0 Å². The second-order valence-corrected chi connectivity index (χ2v) is 11.3. The maximum Gasteiger partial charge on any atom is 0.0103 e. The molecule has 4 saturated carbocycles.